The summed E-state index contributed by atoms with van der Waals surface area (Å²) in [7, 11) is 0. The first kappa shape index (κ1) is 20.8. The van der Waals surface area contributed by atoms with E-state index in [2.05, 4.69) is 129 Å². The maximum absolute atomic E-state index is 4.01. The zero-order valence-corrected chi connectivity index (χ0v) is 23.1. The highest BCUT2D eigenvalue weighted by Gasteiger charge is 2.51. The van der Waals surface area contributed by atoms with Gasteiger partial charge in [0.15, 0.2) is 0 Å². The maximum Gasteiger partial charge on any atom is 0.0736 e. The molecule has 0 bridgehead atoms. The fourth-order valence-electron chi connectivity index (χ4n) is 6.20. The third kappa shape index (κ3) is 2.59. The molecule has 6 aromatic rings. The topological polar surface area (TPSA) is 0 Å². The van der Waals surface area contributed by atoms with Gasteiger partial charge in [0.2, 0.25) is 0 Å². The summed E-state index contributed by atoms with van der Waals surface area (Å²) in [6.07, 6.45) is 0. The molecule has 2 aliphatic rings. The molecule has 1 aliphatic heterocycles. The van der Waals surface area contributed by atoms with E-state index in [0.717, 1.165) is 4.47 Å². The largest absolute Gasteiger partial charge is 0.134 e. The van der Waals surface area contributed by atoms with Crippen molar-refractivity contribution in [1.29, 1.82) is 0 Å². The third-order valence-electron chi connectivity index (χ3n) is 7.46. The van der Waals surface area contributed by atoms with E-state index < -0.39 is 0 Å². The summed E-state index contributed by atoms with van der Waals surface area (Å²) in [5, 5.41) is 2.70. The van der Waals surface area contributed by atoms with E-state index in [1.165, 1.54) is 67.8 Å². The molecule has 5 aromatic carbocycles. The van der Waals surface area contributed by atoms with E-state index in [4.69, 9.17) is 0 Å². The predicted octanol–water partition coefficient (Wildman–Crippen LogP) is 10.4. The number of fused-ring (bicyclic) bond motifs is 13. The van der Waals surface area contributed by atoms with Crippen LogP contribution in [0.25, 0.3) is 31.3 Å². The normalized spacial score (nSPS) is 14.7. The van der Waals surface area contributed by atoms with Crippen LogP contribution in [0.5, 0.6) is 0 Å². The van der Waals surface area contributed by atoms with E-state index in [1.54, 1.807) is 0 Å². The van der Waals surface area contributed by atoms with Gasteiger partial charge >= 0.3 is 0 Å². The van der Waals surface area contributed by atoms with Gasteiger partial charge in [0.05, 0.1) is 10.1 Å². The Kier molecular flexibility index (Phi) is 4.35. The lowest BCUT2D eigenvalue weighted by Crippen LogP contribution is -2.32. The Hall–Kier alpha value is -2.37. The van der Waals surface area contributed by atoms with Gasteiger partial charge in [0.25, 0.3) is 0 Å². The van der Waals surface area contributed by atoms with E-state index in [1.807, 2.05) is 23.1 Å². The SMILES string of the molecule is Brc1ccc2c(c1)C1(c3ccccc3Sc3ccccc31)c1cc(Br)c3sc4ccccc4c3c1-2. The summed E-state index contributed by atoms with van der Waals surface area (Å²) in [5.74, 6) is 0. The minimum absolute atomic E-state index is 0.368. The molecule has 0 radical (unpaired) electrons. The third-order valence-corrected chi connectivity index (χ3v) is 11.2. The monoisotopic (exact) mass is 610 g/mol. The van der Waals surface area contributed by atoms with Crippen molar-refractivity contribution >= 4 is 75.1 Å². The zero-order chi connectivity index (χ0) is 23.3. The summed E-state index contributed by atoms with van der Waals surface area (Å²) < 4.78 is 4.94. The average molecular weight is 612 g/mol. The van der Waals surface area contributed by atoms with Crippen molar-refractivity contribution in [2.24, 2.45) is 0 Å². The average Bonchev–Trinajstić information content (AvgIpc) is 3.39. The quantitative estimate of drug-likeness (QED) is 0.164. The molecule has 0 N–H and O–H groups in total. The Balaban J connectivity index is 1.67. The van der Waals surface area contributed by atoms with Gasteiger partial charge in [-0.15, -0.1) is 11.3 Å². The smallest absolute Gasteiger partial charge is 0.0736 e. The summed E-state index contributed by atoms with van der Waals surface area (Å²) in [6, 6.07) is 36.0. The number of hydrogen-bond acceptors (Lipinski definition) is 2. The molecule has 0 amide bonds. The van der Waals surface area contributed by atoms with Crippen molar-refractivity contribution in [2.75, 3.05) is 0 Å². The lowest BCUT2D eigenvalue weighted by Gasteiger charge is -2.39. The lowest BCUT2D eigenvalue weighted by atomic mass is 9.67. The number of hydrogen-bond donors (Lipinski definition) is 0. The van der Waals surface area contributed by atoms with Gasteiger partial charge in [-0.2, -0.15) is 0 Å². The highest BCUT2D eigenvalue weighted by atomic mass is 79.9. The van der Waals surface area contributed by atoms with Crippen LogP contribution in [0, 0.1) is 0 Å². The van der Waals surface area contributed by atoms with Gasteiger partial charge in [0, 0.05) is 34.2 Å². The molecule has 1 aliphatic carbocycles. The van der Waals surface area contributed by atoms with Crippen LogP contribution < -0.4 is 0 Å². The molecule has 0 nitrogen and oxygen atoms in total. The van der Waals surface area contributed by atoms with Crippen molar-refractivity contribution in [1.82, 2.24) is 0 Å². The molecule has 1 spiro atoms. The second kappa shape index (κ2) is 7.33. The van der Waals surface area contributed by atoms with E-state index in [0.29, 0.717) is 0 Å². The van der Waals surface area contributed by atoms with Crippen LogP contribution in [0.2, 0.25) is 0 Å². The molecule has 0 unspecified atom stereocenters. The van der Waals surface area contributed by atoms with Crippen molar-refractivity contribution in [3.8, 4) is 11.1 Å². The predicted molar refractivity (Wildman–Crippen MR) is 156 cm³/mol. The number of rotatable bonds is 0. The van der Waals surface area contributed by atoms with Crippen LogP contribution in [-0.4, -0.2) is 0 Å². The van der Waals surface area contributed by atoms with Gasteiger partial charge in [-0.3, -0.25) is 0 Å². The number of halogens is 2. The molecule has 0 saturated heterocycles. The first-order chi connectivity index (χ1) is 17.2. The molecule has 4 heteroatoms. The molecule has 0 fully saturated rings. The Morgan fingerprint density at radius 1 is 0.629 bits per heavy atom. The summed E-state index contributed by atoms with van der Waals surface area (Å²) in [6.45, 7) is 0. The van der Waals surface area contributed by atoms with Gasteiger partial charge < -0.3 is 0 Å². The van der Waals surface area contributed by atoms with Gasteiger partial charge in [-0.25, -0.2) is 0 Å². The zero-order valence-electron chi connectivity index (χ0n) is 18.3. The Labute approximate surface area is 228 Å². The number of thiophene rings is 1. The fourth-order valence-corrected chi connectivity index (χ4v) is 9.54. The summed E-state index contributed by atoms with van der Waals surface area (Å²) in [4.78, 5) is 2.66. The molecular formula is C31H16Br2S2. The van der Waals surface area contributed by atoms with Crippen LogP contribution >= 0.6 is 55.0 Å². The van der Waals surface area contributed by atoms with E-state index >= 15 is 0 Å². The summed E-state index contributed by atoms with van der Waals surface area (Å²) >= 11 is 11.6. The van der Waals surface area contributed by atoms with Crippen LogP contribution in [0.3, 0.4) is 0 Å². The minimum atomic E-state index is -0.368. The maximum atomic E-state index is 4.01. The van der Waals surface area contributed by atoms with Crippen molar-refractivity contribution in [3.05, 3.63) is 128 Å². The molecule has 35 heavy (non-hydrogen) atoms. The van der Waals surface area contributed by atoms with E-state index in [-0.39, 0.29) is 5.41 Å². The first-order valence-electron chi connectivity index (χ1n) is 11.5. The molecule has 166 valence electrons. The second-order valence-electron chi connectivity index (χ2n) is 9.12. The Morgan fingerprint density at radius 2 is 1.31 bits per heavy atom. The molecule has 2 heterocycles. The van der Waals surface area contributed by atoms with Crippen LogP contribution in [0.4, 0.5) is 0 Å². The fraction of sp³-hybridized carbons (Fsp3) is 0.0323. The molecule has 1 aromatic heterocycles. The van der Waals surface area contributed by atoms with Crippen LogP contribution in [0.15, 0.2) is 116 Å². The number of benzene rings is 5. The minimum Gasteiger partial charge on any atom is -0.134 e. The van der Waals surface area contributed by atoms with Crippen LogP contribution in [-0.2, 0) is 5.41 Å². The Morgan fingerprint density at radius 3 is 2.09 bits per heavy atom. The van der Waals surface area contributed by atoms with Crippen molar-refractivity contribution in [3.63, 3.8) is 0 Å². The molecule has 0 saturated carbocycles. The van der Waals surface area contributed by atoms with Crippen molar-refractivity contribution in [2.45, 2.75) is 15.2 Å². The van der Waals surface area contributed by atoms with Crippen molar-refractivity contribution < 1.29 is 0 Å². The highest BCUT2D eigenvalue weighted by Crippen LogP contribution is 2.64. The highest BCUT2D eigenvalue weighted by molar-refractivity contribution is 9.11. The molecule has 8 rings (SSSR count). The van der Waals surface area contributed by atoms with Gasteiger partial charge in [0.1, 0.15) is 0 Å². The van der Waals surface area contributed by atoms with E-state index in [9.17, 15) is 0 Å². The molecular weight excluding hydrogens is 596 g/mol. The Bertz CT molecular complexity index is 1820. The lowest BCUT2D eigenvalue weighted by molar-refractivity contribution is 0.722. The second-order valence-corrected chi connectivity index (χ2v) is 13.0. The van der Waals surface area contributed by atoms with Gasteiger partial charge in [-0.05, 0) is 85.7 Å². The summed E-state index contributed by atoms with van der Waals surface area (Å²) in [5.41, 5.74) is 7.80. The molecule has 0 atom stereocenters. The van der Waals surface area contributed by atoms with Crippen LogP contribution in [0.1, 0.15) is 22.3 Å². The standard InChI is InChI=1S/C31H16Br2S2/c32-17-13-14-18-22(15-17)31(20-8-2-5-11-26(20)34-27-12-6-3-9-21(27)31)23-16-24(33)30-29(28(18)23)19-7-1-4-10-25(19)35-30/h1-16H. The first-order valence-corrected chi connectivity index (χ1v) is 14.7. The van der Waals surface area contributed by atoms with Gasteiger partial charge in [-0.1, -0.05) is 88.4 Å².